The van der Waals surface area contributed by atoms with Crippen molar-refractivity contribution in [2.45, 2.75) is 0 Å². The lowest BCUT2D eigenvalue weighted by atomic mass is 9.95. The summed E-state index contributed by atoms with van der Waals surface area (Å²) in [6, 6.07) is 157. The number of fused-ring (bicyclic) bond motifs is 8. The first-order valence-electron chi connectivity index (χ1n) is 40.2. The molecule has 0 bridgehead atoms. The normalized spacial score (nSPS) is 11.6. The summed E-state index contributed by atoms with van der Waals surface area (Å²) in [6.07, 6.45) is 0. The van der Waals surface area contributed by atoms with Crippen molar-refractivity contribution in [1.29, 1.82) is 0 Å². The Bertz CT molecular complexity index is 7620. The summed E-state index contributed by atoms with van der Waals surface area (Å²) in [5.74, 6) is 1.34. The monoisotopic (exact) mass is 1500 g/mol. The Hall–Kier alpha value is -15.8. The standard InChI is InChI=1S/C112H72N6/c1-5-25-73(26-6-1)84-34-24-36-88(68-84)103-71-101(113-111(115-103)81-31-11-4-12-32-81)79-53-49-77(50-54-79)90-62-66-108(96-42-18-15-38-92(90)96)118-106-46-22-20-44-98(106)100-70-87(60-64-110(100)118)85-35-23-33-83(67-85)75-47-57-82(58-48-75)112-114-102(72-104(116-112)94-40-16-13-37-89(94)76-29-9-3-10-30-76)80-55-51-78(52-56-80)91-61-65-107(95-41-17-14-39-93(91)95)117-105-45-21-19-43-97(105)99-69-86(59-63-109(99)117)74-27-7-2-8-28-74/h1-72H. The van der Waals surface area contributed by atoms with E-state index >= 15 is 0 Å². The van der Waals surface area contributed by atoms with Crippen molar-refractivity contribution in [2.24, 2.45) is 0 Å². The predicted octanol–water partition coefficient (Wildman–Crippen LogP) is 29.4. The maximum absolute atomic E-state index is 5.44. The van der Waals surface area contributed by atoms with Crippen LogP contribution in [-0.4, -0.2) is 29.1 Å². The lowest BCUT2D eigenvalue weighted by molar-refractivity contribution is 1.18. The third-order valence-corrected chi connectivity index (χ3v) is 23.4. The summed E-state index contributed by atoms with van der Waals surface area (Å²) in [5.41, 5.74) is 32.4. The smallest absolute Gasteiger partial charge is 0.160 e. The fourth-order valence-corrected chi connectivity index (χ4v) is 17.6. The highest BCUT2D eigenvalue weighted by Crippen LogP contribution is 2.45. The third-order valence-electron chi connectivity index (χ3n) is 23.4. The van der Waals surface area contributed by atoms with Crippen LogP contribution in [0.3, 0.4) is 0 Å². The highest BCUT2D eigenvalue weighted by molar-refractivity contribution is 6.15. The molecule has 0 saturated heterocycles. The second-order valence-electron chi connectivity index (χ2n) is 30.4. The van der Waals surface area contributed by atoms with Crippen LogP contribution in [0, 0.1) is 0 Å². The Morgan fingerprint density at radius 3 is 0.924 bits per heavy atom. The van der Waals surface area contributed by atoms with Crippen LogP contribution < -0.4 is 0 Å². The van der Waals surface area contributed by atoms with Gasteiger partial charge >= 0.3 is 0 Å². The Kier molecular flexibility index (Phi) is 17.1. The number of benzene rings is 18. The molecule has 0 unspecified atom stereocenters. The van der Waals surface area contributed by atoms with E-state index in [9.17, 15) is 0 Å². The van der Waals surface area contributed by atoms with Crippen LogP contribution in [0.4, 0.5) is 0 Å². The van der Waals surface area contributed by atoms with Gasteiger partial charge in [-0.15, -0.1) is 0 Å². The molecular weight excluding hydrogens is 1430 g/mol. The van der Waals surface area contributed by atoms with Crippen LogP contribution in [-0.2, 0) is 0 Å². The van der Waals surface area contributed by atoms with Gasteiger partial charge in [0, 0.05) is 65.7 Å². The zero-order valence-electron chi connectivity index (χ0n) is 64.3. The number of aromatic nitrogens is 6. The summed E-state index contributed by atoms with van der Waals surface area (Å²) in [5, 5.41) is 9.56. The van der Waals surface area contributed by atoms with E-state index in [0.717, 1.165) is 145 Å². The molecule has 4 heterocycles. The molecule has 6 nitrogen and oxygen atoms in total. The van der Waals surface area contributed by atoms with E-state index < -0.39 is 0 Å². The van der Waals surface area contributed by atoms with Gasteiger partial charge < -0.3 is 9.13 Å². The molecular formula is C112H72N6. The number of nitrogens with zero attached hydrogens (tertiary/aromatic N) is 6. The molecule has 0 atom stereocenters. The second-order valence-corrected chi connectivity index (χ2v) is 30.4. The van der Waals surface area contributed by atoms with Gasteiger partial charge in [0.25, 0.3) is 0 Å². The molecule has 0 aliphatic rings. The summed E-state index contributed by atoms with van der Waals surface area (Å²) in [4.78, 5) is 21.3. The second kappa shape index (κ2) is 29.3. The van der Waals surface area contributed by atoms with Gasteiger partial charge in [-0.2, -0.15) is 0 Å². The fourth-order valence-electron chi connectivity index (χ4n) is 17.6. The molecule has 22 aromatic rings. The number of hydrogen-bond acceptors (Lipinski definition) is 4. The highest BCUT2D eigenvalue weighted by atomic mass is 15.0. The van der Waals surface area contributed by atoms with Gasteiger partial charge in [0.15, 0.2) is 11.6 Å². The fraction of sp³-hybridized carbons (Fsp3) is 0. The molecule has 0 fully saturated rings. The minimum Gasteiger partial charge on any atom is -0.309 e. The van der Waals surface area contributed by atoms with Gasteiger partial charge in [-0.05, 0) is 161 Å². The van der Waals surface area contributed by atoms with Crippen molar-refractivity contribution < 1.29 is 0 Å². The van der Waals surface area contributed by atoms with Crippen LogP contribution in [0.5, 0.6) is 0 Å². The van der Waals surface area contributed by atoms with E-state index in [0.29, 0.717) is 11.6 Å². The Labute approximate surface area is 683 Å². The van der Waals surface area contributed by atoms with Gasteiger partial charge in [-0.3, -0.25) is 0 Å². The predicted molar refractivity (Wildman–Crippen MR) is 492 cm³/mol. The van der Waals surface area contributed by atoms with Gasteiger partial charge in [-0.25, -0.2) is 19.9 Å². The Balaban J connectivity index is 0.567. The maximum atomic E-state index is 5.44. The molecule has 0 spiro atoms. The van der Waals surface area contributed by atoms with E-state index in [-0.39, 0.29) is 0 Å². The molecule has 6 heteroatoms. The van der Waals surface area contributed by atoms with Gasteiger partial charge in [0.1, 0.15) is 0 Å². The van der Waals surface area contributed by atoms with E-state index in [1.165, 1.54) is 65.3 Å². The van der Waals surface area contributed by atoms with Crippen molar-refractivity contribution in [3.8, 4) is 157 Å². The van der Waals surface area contributed by atoms with E-state index in [1.54, 1.807) is 0 Å². The molecule has 0 saturated carbocycles. The van der Waals surface area contributed by atoms with Crippen molar-refractivity contribution in [3.63, 3.8) is 0 Å². The zero-order chi connectivity index (χ0) is 78.0. The van der Waals surface area contributed by atoms with Crippen molar-refractivity contribution in [1.82, 2.24) is 29.1 Å². The topological polar surface area (TPSA) is 61.4 Å². The molecule has 118 heavy (non-hydrogen) atoms. The quantitative estimate of drug-likeness (QED) is 0.103. The van der Waals surface area contributed by atoms with Crippen LogP contribution in [0.15, 0.2) is 437 Å². The number of hydrogen-bond donors (Lipinski definition) is 0. The number of para-hydroxylation sites is 2. The van der Waals surface area contributed by atoms with E-state index in [1.807, 2.05) is 18.2 Å². The van der Waals surface area contributed by atoms with Crippen LogP contribution >= 0.6 is 0 Å². The Morgan fingerprint density at radius 2 is 0.424 bits per heavy atom. The average molecular weight is 1500 g/mol. The summed E-state index contributed by atoms with van der Waals surface area (Å²) < 4.78 is 4.89. The number of rotatable bonds is 15. The van der Waals surface area contributed by atoms with Gasteiger partial charge in [0.2, 0.25) is 0 Å². The SMILES string of the molecule is c1ccc(-c2cccc(-c3cc(-c4ccc(-c5ccc(-n6c7ccccc7c7cc(-c8cccc(-c9ccc(-c%10nc(-c%11ccc(-c%12ccc(-n%13c%14ccccc%14c%14cc(-c%15ccccc%15)ccc%14%13)c%13ccccc%12%13)cc%11)cc(-c%11ccccc%11-c%11ccccc%11)n%10)cc9)c8)ccc76)c6ccccc56)cc4)nc(-c4ccccc4)n3)c2)cc1. The maximum Gasteiger partial charge on any atom is 0.160 e. The third kappa shape index (κ3) is 12.5. The summed E-state index contributed by atoms with van der Waals surface area (Å²) in [7, 11) is 0. The first-order valence-corrected chi connectivity index (χ1v) is 40.2. The molecule has 0 amide bonds. The molecule has 18 aromatic carbocycles. The van der Waals surface area contributed by atoms with Crippen molar-refractivity contribution in [2.75, 3.05) is 0 Å². The molecule has 22 rings (SSSR count). The molecule has 550 valence electrons. The molecule has 4 aromatic heterocycles. The van der Waals surface area contributed by atoms with E-state index in [4.69, 9.17) is 19.9 Å². The first kappa shape index (κ1) is 69.0. The first-order chi connectivity index (χ1) is 58.5. The lowest BCUT2D eigenvalue weighted by Crippen LogP contribution is -1.97. The largest absolute Gasteiger partial charge is 0.309 e. The van der Waals surface area contributed by atoms with E-state index in [2.05, 4.69) is 428 Å². The van der Waals surface area contributed by atoms with Crippen LogP contribution in [0.25, 0.3) is 222 Å². The van der Waals surface area contributed by atoms with Crippen molar-refractivity contribution >= 4 is 65.2 Å². The van der Waals surface area contributed by atoms with Gasteiger partial charge in [-0.1, -0.05) is 364 Å². The molecule has 0 N–H and O–H groups in total. The molecule has 0 aliphatic carbocycles. The average Bonchev–Trinajstić information content (AvgIpc) is 1.55. The molecule has 0 aliphatic heterocycles. The summed E-state index contributed by atoms with van der Waals surface area (Å²) in [6.45, 7) is 0. The Morgan fingerprint density at radius 1 is 0.136 bits per heavy atom. The van der Waals surface area contributed by atoms with Crippen LogP contribution in [0.2, 0.25) is 0 Å². The minimum absolute atomic E-state index is 0.652. The minimum atomic E-state index is 0.652. The van der Waals surface area contributed by atoms with Gasteiger partial charge in [0.05, 0.1) is 56.2 Å². The highest BCUT2D eigenvalue weighted by Gasteiger charge is 2.23. The zero-order valence-corrected chi connectivity index (χ0v) is 64.3. The molecule has 0 radical (unpaired) electrons. The lowest BCUT2D eigenvalue weighted by Gasteiger charge is -2.16. The summed E-state index contributed by atoms with van der Waals surface area (Å²) >= 11 is 0. The van der Waals surface area contributed by atoms with Crippen LogP contribution in [0.1, 0.15) is 0 Å². The van der Waals surface area contributed by atoms with Crippen molar-refractivity contribution in [3.05, 3.63) is 437 Å².